The van der Waals surface area contributed by atoms with Gasteiger partial charge < -0.3 is 14.5 Å². The highest BCUT2D eigenvalue weighted by Gasteiger charge is 2.28. The lowest BCUT2D eigenvalue weighted by Crippen LogP contribution is -2.53. The van der Waals surface area contributed by atoms with Crippen LogP contribution in [-0.4, -0.2) is 48.7 Å². The van der Waals surface area contributed by atoms with E-state index >= 15 is 0 Å². The van der Waals surface area contributed by atoms with Crippen molar-refractivity contribution in [1.29, 1.82) is 0 Å². The summed E-state index contributed by atoms with van der Waals surface area (Å²) in [5.74, 6) is 0.245. The molecule has 6 nitrogen and oxygen atoms in total. The quantitative estimate of drug-likeness (QED) is 0.723. The van der Waals surface area contributed by atoms with Crippen molar-refractivity contribution < 1.29 is 19.1 Å². The number of ketones is 1. The third-order valence-corrected chi connectivity index (χ3v) is 4.78. The Morgan fingerprint density at radius 1 is 1.00 bits per heavy atom. The summed E-state index contributed by atoms with van der Waals surface area (Å²) >= 11 is 0. The molecule has 2 aromatic rings. The molecular weight excluding hydrogens is 356 g/mol. The van der Waals surface area contributed by atoms with Gasteiger partial charge in [-0.25, -0.2) is 0 Å². The van der Waals surface area contributed by atoms with E-state index in [1.54, 1.807) is 29.2 Å². The molecule has 0 saturated carbocycles. The van der Waals surface area contributed by atoms with Crippen molar-refractivity contribution in [2.45, 2.75) is 20.3 Å². The second-order valence-electron chi connectivity index (χ2n) is 6.79. The number of amides is 2. The number of piperazine rings is 1. The monoisotopic (exact) mass is 380 g/mol. The van der Waals surface area contributed by atoms with Crippen LogP contribution >= 0.6 is 0 Å². The molecule has 146 valence electrons. The fourth-order valence-corrected chi connectivity index (χ4v) is 3.06. The van der Waals surface area contributed by atoms with Crippen LogP contribution in [0.25, 0.3) is 0 Å². The smallest absolute Gasteiger partial charge is 0.261 e. The first-order chi connectivity index (χ1) is 13.5. The summed E-state index contributed by atoms with van der Waals surface area (Å²) < 4.78 is 5.52. The number of rotatable bonds is 6. The molecule has 1 aliphatic rings. The molecule has 0 radical (unpaired) electrons. The molecule has 0 unspecified atom stereocenters. The first-order valence-electron chi connectivity index (χ1n) is 9.39. The van der Waals surface area contributed by atoms with Gasteiger partial charge in [-0.15, -0.1) is 0 Å². The van der Waals surface area contributed by atoms with E-state index in [9.17, 15) is 14.4 Å². The highest BCUT2D eigenvalue weighted by molar-refractivity contribution is 5.98. The Kier molecular flexibility index (Phi) is 6.09. The molecule has 28 heavy (non-hydrogen) atoms. The van der Waals surface area contributed by atoms with Crippen LogP contribution in [0, 0.1) is 6.92 Å². The SMILES string of the molecule is CCC(=O)c1ccc(OCC(=O)N2CCN(c3ccc(C)cc3)C(=O)C2)cc1. The van der Waals surface area contributed by atoms with Gasteiger partial charge in [-0.05, 0) is 43.3 Å². The van der Waals surface area contributed by atoms with Gasteiger partial charge in [0, 0.05) is 30.8 Å². The average Bonchev–Trinajstić information content (AvgIpc) is 2.72. The largest absolute Gasteiger partial charge is 0.484 e. The van der Waals surface area contributed by atoms with Crippen molar-refractivity contribution in [3.63, 3.8) is 0 Å². The van der Waals surface area contributed by atoms with E-state index in [1.807, 2.05) is 38.1 Å². The van der Waals surface area contributed by atoms with Crippen molar-refractivity contribution in [1.82, 2.24) is 4.90 Å². The maximum absolute atomic E-state index is 12.5. The topological polar surface area (TPSA) is 66.9 Å². The zero-order valence-corrected chi connectivity index (χ0v) is 16.2. The summed E-state index contributed by atoms with van der Waals surface area (Å²) in [6, 6.07) is 14.5. The fraction of sp³-hybridized carbons (Fsp3) is 0.318. The number of aryl methyl sites for hydroxylation is 1. The van der Waals surface area contributed by atoms with E-state index in [1.165, 1.54) is 4.90 Å². The van der Waals surface area contributed by atoms with Crippen LogP contribution in [0.2, 0.25) is 0 Å². The predicted molar refractivity (Wildman–Crippen MR) is 107 cm³/mol. The molecule has 1 fully saturated rings. The number of carbonyl (C=O) groups excluding carboxylic acids is 3. The van der Waals surface area contributed by atoms with Crippen molar-refractivity contribution in [2.75, 3.05) is 31.1 Å². The van der Waals surface area contributed by atoms with E-state index in [0.29, 0.717) is 30.8 Å². The molecule has 3 rings (SSSR count). The number of anilines is 1. The molecular formula is C22H24N2O4. The van der Waals surface area contributed by atoms with Crippen LogP contribution in [0.4, 0.5) is 5.69 Å². The molecule has 2 aromatic carbocycles. The first-order valence-corrected chi connectivity index (χ1v) is 9.39. The van der Waals surface area contributed by atoms with Gasteiger partial charge in [-0.1, -0.05) is 24.6 Å². The lowest BCUT2D eigenvalue weighted by atomic mass is 10.1. The van der Waals surface area contributed by atoms with E-state index in [4.69, 9.17) is 4.74 Å². The van der Waals surface area contributed by atoms with E-state index < -0.39 is 0 Å². The third kappa shape index (κ3) is 4.57. The zero-order valence-electron chi connectivity index (χ0n) is 16.2. The highest BCUT2D eigenvalue weighted by atomic mass is 16.5. The van der Waals surface area contributed by atoms with Gasteiger partial charge in [-0.2, -0.15) is 0 Å². The lowest BCUT2D eigenvalue weighted by Gasteiger charge is -2.34. The molecule has 1 aliphatic heterocycles. The molecule has 1 saturated heterocycles. The number of ether oxygens (including phenoxy) is 1. The summed E-state index contributed by atoms with van der Waals surface area (Å²) in [5.41, 5.74) is 2.61. The highest BCUT2D eigenvalue weighted by Crippen LogP contribution is 2.18. The second-order valence-corrected chi connectivity index (χ2v) is 6.79. The van der Waals surface area contributed by atoms with Crippen LogP contribution in [0.15, 0.2) is 48.5 Å². The van der Waals surface area contributed by atoms with E-state index in [2.05, 4.69) is 0 Å². The standard InChI is InChI=1S/C22H24N2O4/c1-3-20(25)17-6-10-19(11-7-17)28-15-22(27)23-12-13-24(21(26)14-23)18-8-4-16(2)5-9-18/h4-11H,3,12-15H2,1-2H3. The average molecular weight is 380 g/mol. The minimum atomic E-state index is -0.231. The Morgan fingerprint density at radius 3 is 2.29 bits per heavy atom. The molecule has 0 bridgehead atoms. The van der Waals surface area contributed by atoms with Crippen molar-refractivity contribution in [3.8, 4) is 5.75 Å². The number of nitrogens with zero attached hydrogens (tertiary/aromatic N) is 2. The first kappa shape index (κ1) is 19.6. The molecule has 0 spiro atoms. The van der Waals surface area contributed by atoms with Crippen molar-refractivity contribution in [3.05, 3.63) is 59.7 Å². The Bertz CT molecular complexity index is 859. The van der Waals surface area contributed by atoms with Crippen LogP contribution < -0.4 is 9.64 Å². The maximum Gasteiger partial charge on any atom is 0.261 e. The van der Waals surface area contributed by atoms with Crippen molar-refractivity contribution >= 4 is 23.3 Å². The number of hydrogen-bond donors (Lipinski definition) is 0. The number of carbonyl (C=O) groups is 3. The Balaban J connectivity index is 1.52. The molecule has 0 aromatic heterocycles. The van der Waals surface area contributed by atoms with Gasteiger partial charge in [0.1, 0.15) is 12.3 Å². The van der Waals surface area contributed by atoms with Crippen LogP contribution in [-0.2, 0) is 9.59 Å². The molecule has 0 aliphatic carbocycles. The summed E-state index contributed by atoms with van der Waals surface area (Å²) in [7, 11) is 0. The lowest BCUT2D eigenvalue weighted by molar-refractivity contribution is -0.138. The predicted octanol–water partition coefficient (Wildman–Crippen LogP) is 2.84. The van der Waals surface area contributed by atoms with Gasteiger partial charge >= 0.3 is 0 Å². The van der Waals surface area contributed by atoms with Crippen LogP contribution in [0.5, 0.6) is 5.75 Å². The van der Waals surface area contributed by atoms with E-state index in [-0.39, 0.29) is 30.7 Å². The molecule has 6 heteroatoms. The van der Waals surface area contributed by atoms with Crippen LogP contribution in [0.3, 0.4) is 0 Å². The fourth-order valence-electron chi connectivity index (χ4n) is 3.06. The van der Waals surface area contributed by atoms with Gasteiger partial charge in [-0.3, -0.25) is 14.4 Å². The second kappa shape index (κ2) is 8.69. The number of benzene rings is 2. The van der Waals surface area contributed by atoms with E-state index in [0.717, 1.165) is 11.3 Å². The van der Waals surface area contributed by atoms with Crippen LogP contribution in [0.1, 0.15) is 29.3 Å². The molecule has 1 heterocycles. The van der Waals surface area contributed by atoms with Gasteiger partial charge in [0.15, 0.2) is 12.4 Å². The molecule has 0 N–H and O–H groups in total. The number of hydrogen-bond acceptors (Lipinski definition) is 4. The Hall–Kier alpha value is -3.15. The summed E-state index contributed by atoms with van der Waals surface area (Å²) in [4.78, 5) is 39.7. The molecule has 2 amide bonds. The normalized spacial score (nSPS) is 14.1. The maximum atomic E-state index is 12.5. The molecule has 0 atom stereocenters. The minimum Gasteiger partial charge on any atom is -0.484 e. The summed E-state index contributed by atoms with van der Waals surface area (Å²) in [5, 5.41) is 0. The van der Waals surface area contributed by atoms with Gasteiger partial charge in [0.2, 0.25) is 5.91 Å². The minimum absolute atomic E-state index is 0.0417. The zero-order chi connectivity index (χ0) is 20.1. The Morgan fingerprint density at radius 2 is 1.68 bits per heavy atom. The summed E-state index contributed by atoms with van der Waals surface area (Å²) in [6.45, 7) is 4.63. The number of Topliss-reactive ketones (excluding diaryl/α,β-unsaturated/α-hetero) is 1. The van der Waals surface area contributed by atoms with Crippen molar-refractivity contribution in [2.24, 2.45) is 0 Å². The van der Waals surface area contributed by atoms with Gasteiger partial charge in [0.25, 0.3) is 5.91 Å². The summed E-state index contributed by atoms with van der Waals surface area (Å²) in [6.07, 6.45) is 0.446. The Labute approximate surface area is 164 Å². The third-order valence-electron chi connectivity index (χ3n) is 4.78. The van der Waals surface area contributed by atoms with Gasteiger partial charge in [0.05, 0.1) is 0 Å².